The number of benzene rings is 1. The van der Waals surface area contributed by atoms with E-state index in [0.717, 1.165) is 38.5 Å². The largest absolute Gasteiger partial charge is 0.494 e. The molecule has 3 rings (SSSR count). The first-order valence-corrected chi connectivity index (χ1v) is 6.86. The Balaban J connectivity index is 1.95. The van der Waals surface area contributed by atoms with Crippen LogP contribution in [0.3, 0.4) is 0 Å². The molecular formula is C14H21N3O. The van der Waals surface area contributed by atoms with Crippen molar-refractivity contribution in [2.45, 2.75) is 19.4 Å². The molecule has 18 heavy (non-hydrogen) atoms. The number of ether oxygens (including phenoxy) is 1. The highest BCUT2D eigenvalue weighted by atomic mass is 16.5. The van der Waals surface area contributed by atoms with E-state index in [1.807, 2.05) is 6.92 Å². The molecule has 0 aromatic heterocycles. The van der Waals surface area contributed by atoms with Crippen LogP contribution in [0.15, 0.2) is 18.2 Å². The van der Waals surface area contributed by atoms with Gasteiger partial charge in [-0.3, -0.25) is 0 Å². The van der Waals surface area contributed by atoms with Gasteiger partial charge in [-0.1, -0.05) is 0 Å². The highest BCUT2D eigenvalue weighted by Crippen LogP contribution is 2.34. The summed E-state index contributed by atoms with van der Waals surface area (Å²) in [6, 6.07) is 6.97. The molecule has 0 aliphatic carbocycles. The van der Waals surface area contributed by atoms with Gasteiger partial charge in [-0.25, -0.2) is 0 Å². The van der Waals surface area contributed by atoms with Gasteiger partial charge in [0, 0.05) is 38.3 Å². The zero-order chi connectivity index (χ0) is 12.4. The van der Waals surface area contributed by atoms with Crippen molar-refractivity contribution in [3.63, 3.8) is 0 Å². The van der Waals surface area contributed by atoms with Crippen LogP contribution in [0.25, 0.3) is 0 Å². The molecule has 2 heterocycles. The van der Waals surface area contributed by atoms with E-state index in [4.69, 9.17) is 4.74 Å². The van der Waals surface area contributed by atoms with Gasteiger partial charge in [0.1, 0.15) is 5.75 Å². The molecule has 0 radical (unpaired) electrons. The van der Waals surface area contributed by atoms with Crippen LogP contribution in [0.2, 0.25) is 0 Å². The Morgan fingerprint density at radius 3 is 3.22 bits per heavy atom. The van der Waals surface area contributed by atoms with Gasteiger partial charge in [0.25, 0.3) is 0 Å². The highest BCUT2D eigenvalue weighted by molar-refractivity contribution is 5.73. The number of rotatable bonds is 2. The van der Waals surface area contributed by atoms with Crippen LogP contribution in [0.5, 0.6) is 5.75 Å². The van der Waals surface area contributed by atoms with E-state index in [9.17, 15) is 0 Å². The lowest BCUT2D eigenvalue weighted by atomic mass is 10.1. The Bertz CT molecular complexity index is 422. The summed E-state index contributed by atoms with van der Waals surface area (Å²) in [6.45, 7) is 7.02. The van der Waals surface area contributed by atoms with Gasteiger partial charge in [-0.15, -0.1) is 0 Å². The second kappa shape index (κ2) is 5.06. The highest BCUT2D eigenvalue weighted by Gasteiger charge is 2.26. The molecule has 2 aliphatic rings. The molecular weight excluding hydrogens is 226 g/mol. The van der Waals surface area contributed by atoms with Crippen molar-refractivity contribution >= 4 is 11.4 Å². The molecule has 1 saturated heterocycles. The average molecular weight is 247 g/mol. The summed E-state index contributed by atoms with van der Waals surface area (Å²) >= 11 is 0. The minimum absolute atomic E-state index is 0.601. The van der Waals surface area contributed by atoms with Gasteiger partial charge in [0.2, 0.25) is 0 Å². The number of nitrogens with one attached hydrogen (secondary N) is 2. The molecule has 0 bridgehead atoms. The van der Waals surface area contributed by atoms with Crippen LogP contribution in [0.4, 0.5) is 11.4 Å². The van der Waals surface area contributed by atoms with E-state index in [-0.39, 0.29) is 0 Å². The van der Waals surface area contributed by atoms with Gasteiger partial charge in [0.05, 0.1) is 18.0 Å². The minimum Gasteiger partial charge on any atom is -0.494 e. The molecule has 0 spiro atoms. The maximum Gasteiger partial charge on any atom is 0.121 e. The lowest BCUT2D eigenvalue weighted by Gasteiger charge is -2.37. The molecule has 98 valence electrons. The maximum absolute atomic E-state index is 5.62. The second-order valence-electron chi connectivity index (χ2n) is 4.88. The Labute approximate surface area is 108 Å². The Kier molecular flexibility index (Phi) is 3.28. The normalized spacial score (nSPS) is 22.5. The molecule has 4 heteroatoms. The number of piperazine rings is 1. The first-order valence-electron chi connectivity index (χ1n) is 6.86. The molecule has 1 aromatic carbocycles. The topological polar surface area (TPSA) is 36.5 Å². The maximum atomic E-state index is 5.62. The summed E-state index contributed by atoms with van der Waals surface area (Å²) < 4.78 is 5.62. The molecule has 1 aromatic rings. The minimum atomic E-state index is 0.601. The van der Waals surface area contributed by atoms with E-state index in [1.54, 1.807) is 0 Å². The van der Waals surface area contributed by atoms with Crippen molar-refractivity contribution in [2.24, 2.45) is 0 Å². The SMILES string of the molecule is CCOc1ccc2c(c1)N1CCNCC1CCN2. The predicted octanol–water partition coefficient (Wildman–Crippen LogP) is 1.68. The van der Waals surface area contributed by atoms with Crippen LogP contribution in [-0.4, -0.2) is 38.8 Å². The van der Waals surface area contributed by atoms with Crippen LogP contribution < -0.4 is 20.3 Å². The number of nitrogens with zero attached hydrogens (tertiary/aromatic N) is 1. The standard InChI is InChI=1S/C14H21N3O/c1-2-18-12-3-4-13-14(9-12)17-8-7-15-10-11(17)5-6-16-13/h3-4,9,11,15-16H,2,5-8,10H2,1H3. The summed E-state index contributed by atoms with van der Waals surface area (Å²) in [5.41, 5.74) is 2.54. The Hall–Kier alpha value is -1.42. The lowest BCUT2D eigenvalue weighted by molar-refractivity contribution is 0.340. The third-order valence-electron chi connectivity index (χ3n) is 3.73. The molecule has 0 saturated carbocycles. The van der Waals surface area contributed by atoms with Crippen molar-refractivity contribution in [1.82, 2.24) is 5.32 Å². The van der Waals surface area contributed by atoms with Crippen molar-refractivity contribution in [2.75, 3.05) is 43.0 Å². The van der Waals surface area contributed by atoms with Crippen molar-refractivity contribution in [1.29, 1.82) is 0 Å². The van der Waals surface area contributed by atoms with Crippen LogP contribution in [-0.2, 0) is 0 Å². The molecule has 2 aliphatic heterocycles. The molecule has 1 fully saturated rings. The van der Waals surface area contributed by atoms with Crippen molar-refractivity contribution < 1.29 is 4.74 Å². The van der Waals surface area contributed by atoms with Gasteiger partial charge in [-0.05, 0) is 25.5 Å². The van der Waals surface area contributed by atoms with Crippen molar-refractivity contribution in [3.8, 4) is 5.75 Å². The summed E-state index contributed by atoms with van der Waals surface area (Å²) in [7, 11) is 0. The first kappa shape index (κ1) is 11.7. The number of anilines is 2. The molecule has 2 N–H and O–H groups in total. The summed E-state index contributed by atoms with van der Waals surface area (Å²) in [4.78, 5) is 2.52. The second-order valence-corrected chi connectivity index (χ2v) is 4.88. The quantitative estimate of drug-likeness (QED) is 0.833. The van der Waals surface area contributed by atoms with Gasteiger partial charge < -0.3 is 20.3 Å². The third-order valence-corrected chi connectivity index (χ3v) is 3.73. The van der Waals surface area contributed by atoms with E-state index in [2.05, 4.69) is 33.7 Å². The fourth-order valence-electron chi connectivity index (χ4n) is 2.86. The molecule has 4 nitrogen and oxygen atoms in total. The van der Waals surface area contributed by atoms with Gasteiger partial charge in [-0.2, -0.15) is 0 Å². The summed E-state index contributed by atoms with van der Waals surface area (Å²) in [5.74, 6) is 0.970. The fourth-order valence-corrected chi connectivity index (χ4v) is 2.86. The van der Waals surface area contributed by atoms with Gasteiger partial charge in [0.15, 0.2) is 0 Å². The monoisotopic (exact) mass is 247 g/mol. The average Bonchev–Trinajstić information content (AvgIpc) is 2.58. The van der Waals surface area contributed by atoms with E-state index in [0.29, 0.717) is 6.04 Å². The Morgan fingerprint density at radius 1 is 1.39 bits per heavy atom. The Morgan fingerprint density at radius 2 is 2.33 bits per heavy atom. The van der Waals surface area contributed by atoms with E-state index in [1.165, 1.54) is 17.8 Å². The molecule has 0 amide bonds. The van der Waals surface area contributed by atoms with Crippen LogP contribution >= 0.6 is 0 Å². The fraction of sp³-hybridized carbons (Fsp3) is 0.571. The van der Waals surface area contributed by atoms with Gasteiger partial charge >= 0.3 is 0 Å². The number of fused-ring (bicyclic) bond motifs is 3. The summed E-state index contributed by atoms with van der Waals surface area (Å²) in [5, 5.41) is 7.01. The van der Waals surface area contributed by atoms with Crippen LogP contribution in [0.1, 0.15) is 13.3 Å². The van der Waals surface area contributed by atoms with E-state index < -0.39 is 0 Å². The summed E-state index contributed by atoms with van der Waals surface area (Å²) in [6.07, 6.45) is 1.19. The predicted molar refractivity (Wildman–Crippen MR) is 74.7 cm³/mol. The first-order chi connectivity index (χ1) is 8.88. The van der Waals surface area contributed by atoms with Crippen LogP contribution in [0, 0.1) is 0 Å². The smallest absolute Gasteiger partial charge is 0.121 e. The zero-order valence-electron chi connectivity index (χ0n) is 10.9. The lowest BCUT2D eigenvalue weighted by Crippen LogP contribution is -2.51. The number of hydrogen-bond donors (Lipinski definition) is 2. The zero-order valence-corrected chi connectivity index (χ0v) is 10.9. The third kappa shape index (κ3) is 2.12. The molecule has 1 atom stereocenters. The van der Waals surface area contributed by atoms with Crippen molar-refractivity contribution in [3.05, 3.63) is 18.2 Å². The molecule has 1 unspecified atom stereocenters. The van der Waals surface area contributed by atoms with E-state index >= 15 is 0 Å². The number of hydrogen-bond acceptors (Lipinski definition) is 4.